The number of nitrogens with one attached hydrogen (secondary N) is 2. The Labute approximate surface area is 195 Å². The summed E-state index contributed by atoms with van der Waals surface area (Å²) in [5.41, 5.74) is 0.872. The van der Waals surface area contributed by atoms with Crippen molar-refractivity contribution in [1.29, 1.82) is 0 Å². The molecule has 2 amide bonds. The summed E-state index contributed by atoms with van der Waals surface area (Å²) in [7, 11) is 0. The number of hydrogen-bond donors (Lipinski definition) is 3. The SMILES string of the molecule is CC1=C(Cl)SC(C(=O)NCCNC(=O)c2ccc(O[C@H]3CC[C@@H](C(=O)O)CC3)cc2F)C1. The summed E-state index contributed by atoms with van der Waals surface area (Å²) >= 11 is 7.33. The van der Waals surface area contributed by atoms with Crippen LogP contribution >= 0.6 is 23.4 Å². The van der Waals surface area contributed by atoms with Crippen molar-refractivity contribution in [1.82, 2.24) is 10.6 Å². The minimum absolute atomic E-state index is 0.115. The first kappa shape index (κ1) is 24.4. The molecule has 1 aromatic carbocycles. The van der Waals surface area contributed by atoms with E-state index in [-0.39, 0.29) is 41.8 Å². The normalized spacial score (nSPS) is 23.0. The average molecular weight is 485 g/mol. The lowest BCUT2D eigenvalue weighted by Gasteiger charge is -2.26. The van der Waals surface area contributed by atoms with Crippen LogP contribution in [0.1, 0.15) is 49.4 Å². The number of rotatable bonds is 8. The van der Waals surface area contributed by atoms with E-state index in [0.717, 1.165) is 11.6 Å². The first-order chi connectivity index (χ1) is 15.2. The molecule has 174 valence electrons. The van der Waals surface area contributed by atoms with Crippen LogP contribution in [-0.4, -0.2) is 47.3 Å². The number of hydrogen-bond acceptors (Lipinski definition) is 5. The van der Waals surface area contributed by atoms with Crippen molar-refractivity contribution in [3.63, 3.8) is 0 Å². The lowest BCUT2D eigenvalue weighted by atomic mass is 9.87. The monoisotopic (exact) mass is 484 g/mol. The molecule has 0 aromatic heterocycles. The van der Waals surface area contributed by atoms with Crippen molar-refractivity contribution in [2.45, 2.75) is 50.4 Å². The van der Waals surface area contributed by atoms with Gasteiger partial charge in [0, 0.05) is 19.2 Å². The fourth-order valence-corrected chi connectivity index (χ4v) is 5.17. The van der Waals surface area contributed by atoms with Crippen LogP contribution in [0.2, 0.25) is 0 Å². The Bertz CT molecular complexity index is 904. The number of aliphatic carboxylic acids is 1. The van der Waals surface area contributed by atoms with Gasteiger partial charge < -0.3 is 20.5 Å². The second-order valence-electron chi connectivity index (χ2n) is 7.98. The molecule has 7 nitrogen and oxygen atoms in total. The summed E-state index contributed by atoms with van der Waals surface area (Å²) in [6, 6.07) is 4.04. The molecule has 3 rings (SSSR count). The van der Waals surface area contributed by atoms with Gasteiger partial charge in [0.25, 0.3) is 5.91 Å². The smallest absolute Gasteiger partial charge is 0.306 e. The lowest BCUT2D eigenvalue weighted by Crippen LogP contribution is -2.38. The molecule has 0 spiro atoms. The summed E-state index contributed by atoms with van der Waals surface area (Å²) in [6.45, 7) is 2.27. The van der Waals surface area contributed by atoms with Gasteiger partial charge in [0.05, 0.1) is 27.2 Å². The van der Waals surface area contributed by atoms with Crippen LogP contribution in [0, 0.1) is 11.7 Å². The highest BCUT2D eigenvalue weighted by Crippen LogP contribution is 2.39. The van der Waals surface area contributed by atoms with Crippen molar-refractivity contribution in [2.24, 2.45) is 5.92 Å². The van der Waals surface area contributed by atoms with Gasteiger partial charge in [-0.2, -0.15) is 0 Å². The second-order valence-corrected chi connectivity index (χ2v) is 9.80. The number of carboxylic acids is 1. The van der Waals surface area contributed by atoms with Gasteiger partial charge in [-0.1, -0.05) is 11.6 Å². The number of amides is 2. The highest BCUT2D eigenvalue weighted by Gasteiger charge is 2.28. The zero-order valence-corrected chi connectivity index (χ0v) is 19.2. The van der Waals surface area contributed by atoms with E-state index in [1.807, 2.05) is 6.92 Å². The van der Waals surface area contributed by atoms with Gasteiger partial charge >= 0.3 is 5.97 Å². The molecule has 1 saturated carbocycles. The molecule has 0 bridgehead atoms. The van der Waals surface area contributed by atoms with E-state index in [1.165, 1.54) is 23.9 Å². The van der Waals surface area contributed by atoms with Crippen LogP contribution in [-0.2, 0) is 9.59 Å². The molecule has 0 radical (unpaired) electrons. The highest BCUT2D eigenvalue weighted by atomic mass is 35.5. The molecule has 1 fully saturated rings. The molecule has 1 atom stereocenters. The van der Waals surface area contributed by atoms with Crippen LogP contribution in [0.4, 0.5) is 4.39 Å². The first-order valence-electron chi connectivity index (χ1n) is 10.5. The number of carbonyl (C=O) groups is 3. The molecule has 1 aliphatic heterocycles. The Kier molecular flexibility index (Phi) is 8.42. The van der Waals surface area contributed by atoms with Gasteiger partial charge in [-0.3, -0.25) is 14.4 Å². The van der Waals surface area contributed by atoms with Crippen LogP contribution in [0.15, 0.2) is 28.1 Å². The topological polar surface area (TPSA) is 105 Å². The van der Waals surface area contributed by atoms with Crippen LogP contribution in [0.5, 0.6) is 5.75 Å². The molecule has 1 heterocycles. The zero-order chi connectivity index (χ0) is 23.3. The summed E-state index contributed by atoms with van der Waals surface area (Å²) < 4.78 is 20.8. The van der Waals surface area contributed by atoms with Gasteiger partial charge in [0.15, 0.2) is 0 Å². The van der Waals surface area contributed by atoms with Crippen LogP contribution in [0.3, 0.4) is 0 Å². The molecule has 32 heavy (non-hydrogen) atoms. The van der Waals surface area contributed by atoms with E-state index in [4.69, 9.17) is 21.4 Å². The maximum Gasteiger partial charge on any atom is 0.306 e. The van der Waals surface area contributed by atoms with Gasteiger partial charge in [-0.25, -0.2) is 4.39 Å². The Balaban J connectivity index is 1.41. The van der Waals surface area contributed by atoms with Gasteiger partial charge in [0.2, 0.25) is 5.91 Å². The number of allylic oxidation sites excluding steroid dienone is 1. The van der Waals surface area contributed by atoms with E-state index < -0.39 is 17.7 Å². The molecule has 1 unspecified atom stereocenters. The third-order valence-electron chi connectivity index (χ3n) is 5.59. The molecule has 10 heteroatoms. The molecular weight excluding hydrogens is 459 g/mol. The standard InChI is InChI=1S/C22H26ClFN2O5S/c1-12-10-18(32-19(12)23)21(28)26-9-8-25-20(27)16-7-6-15(11-17(16)24)31-14-4-2-13(3-5-14)22(29)30/h6-7,11,13-14,18H,2-5,8-10H2,1H3,(H,25,27)(H,26,28)(H,29,30)/t13-,14+,18?. The first-order valence-corrected chi connectivity index (χ1v) is 11.8. The third kappa shape index (κ3) is 6.38. The number of carbonyl (C=O) groups excluding carboxylic acids is 2. The van der Waals surface area contributed by atoms with E-state index >= 15 is 0 Å². The number of thioether (sulfide) groups is 1. The predicted octanol–water partition coefficient (Wildman–Crippen LogP) is 3.67. The fraction of sp³-hybridized carbons (Fsp3) is 0.500. The van der Waals surface area contributed by atoms with Crippen molar-refractivity contribution in [2.75, 3.05) is 13.1 Å². The van der Waals surface area contributed by atoms with Crippen molar-refractivity contribution in [3.8, 4) is 5.75 Å². The molecule has 1 aromatic rings. The Morgan fingerprint density at radius 1 is 1.19 bits per heavy atom. The number of halogens is 2. The Morgan fingerprint density at radius 3 is 2.47 bits per heavy atom. The predicted molar refractivity (Wildman–Crippen MR) is 120 cm³/mol. The van der Waals surface area contributed by atoms with E-state index in [2.05, 4.69) is 10.6 Å². The second kappa shape index (κ2) is 11.0. The largest absolute Gasteiger partial charge is 0.490 e. The van der Waals surface area contributed by atoms with Gasteiger partial charge in [-0.05, 0) is 56.7 Å². The van der Waals surface area contributed by atoms with Gasteiger partial charge in [-0.15, -0.1) is 11.8 Å². The van der Waals surface area contributed by atoms with Crippen molar-refractivity contribution < 1.29 is 28.6 Å². The highest BCUT2D eigenvalue weighted by molar-refractivity contribution is 8.06. The summed E-state index contributed by atoms with van der Waals surface area (Å²) in [6.07, 6.45) is 2.67. The minimum atomic E-state index is -0.793. The maximum atomic E-state index is 14.4. The van der Waals surface area contributed by atoms with E-state index in [0.29, 0.717) is 42.2 Å². The third-order valence-corrected chi connectivity index (χ3v) is 7.40. The fourth-order valence-electron chi connectivity index (χ4n) is 3.72. The van der Waals surface area contributed by atoms with E-state index in [1.54, 1.807) is 0 Å². The molecule has 2 aliphatic rings. The Morgan fingerprint density at radius 2 is 1.88 bits per heavy atom. The molecule has 3 N–H and O–H groups in total. The van der Waals surface area contributed by atoms with Gasteiger partial charge in [0.1, 0.15) is 11.6 Å². The molecule has 1 aliphatic carbocycles. The molecular formula is C22H26ClFN2O5S. The number of ether oxygens (including phenoxy) is 1. The van der Waals surface area contributed by atoms with E-state index in [9.17, 15) is 18.8 Å². The summed E-state index contributed by atoms with van der Waals surface area (Å²) in [5, 5.41) is 14.1. The lowest BCUT2D eigenvalue weighted by molar-refractivity contribution is -0.143. The van der Waals surface area contributed by atoms with Crippen molar-refractivity contribution >= 4 is 41.1 Å². The number of carboxylic acid groups (broad SMARTS) is 1. The number of benzene rings is 1. The van der Waals surface area contributed by atoms with Crippen LogP contribution < -0.4 is 15.4 Å². The maximum absolute atomic E-state index is 14.4. The summed E-state index contributed by atoms with van der Waals surface area (Å²) in [5.74, 6) is -2.27. The minimum Gasteiger partial charge on any atom is -0.490 e. The van der Waals surface area contributed by atoms with Crippen molar-refractivity contribution in [3.05, 3.63) is 39.5 Å². The van der Waals surface area contributed by atoms with Crippen LogP contribution in [0.25, 0.3) is 0 Å². The Hall–Kier alpha value is -2.26. The average Bonchev–Trinajstić information content (AvgIpc) is 3.10. The molecule has 0 saturated heterocycles. The zero-order valence-electron chi connectivity index (χ0n) is 17.7. The summed E-state index contributed by atoms with van der Waals surface area (Å²) in [4.78, 5) is 35.4. The quantitative estimate of drug-likeness (QED) is 0.486.